The van der Waals surface area contributed by atoms with Crippen molar-refractivity contribution >= 4 is 56.9 Å². The number of carbonyl (C=O) groups excluding carboxylic acids is 1. The standard InChI is InChI=1S/C29H33ClN6O3S/c1-4-36(5-2)17-9-16-31-29(37)20-10-8-11-22(18-20)40(38)35-28-27(32-24-12-6-7-13-25(24)33-28)34-26-19-21(39-3)14-15-23(26)30/h6-8,10-15,18-19H,4-5,9,16-17H2,1-3H3,(H,31,37)(H,32,34)(H,33,35). The van der Waals surface area contributed by atoms with Gasteiger partial charge in [-0.15, -0.1) is 0 Å². The van der Waals surface area contributed by atoms with E-state index in [2.05, 4.69) is 44.1 Å². The quantitative estimate of drug-likeness (QED) is 0.176. The molecular formula is C29H33ClN6O3S. The van der Waals surface area contributed by atoms with Crippen molar-refractivity contribution in [2.24, 2.45) is 0 Å². The van der Waals surface area contributed by atoms with Gasteiger partial charge in [0, 0.05) is 18.2 Å². The normalized spacial score (nSPS) is 11.8. The topological polar surface area (TPSA) is 108 Å². The van der Waals surface area contributed by atoms with Gasteiger partial charge in [0.05, 0.1) is 33.7 Å². The number of halogens is 1. The van der Waals surface area contributed by atoms with E-state index in [-0.39, 0.29) is 11.7 Å². The largest absolute Gasteiger partial charge is 0.497 e. The van der Waals surface area contributed by atoms with Crippen LogP contribution >= 0.6 is 11.6 Å². The van der Waals surface area contributed by atoms with Gasteiger partial charge in [0.25, 0.3) is 5.91 Å². The number of nitrogens with one attached hydrogen (secondary N) is 3. The maximum atomic E-state index is 13.4. The van der Waals surface area contributed by atoms with Gasteiger partial charge in [-0.05, 0) is 68.5 Å². The van der Waals surface area contributed by atoms with Crippen LogP contribution < -0.4 is 20.1 Å². The lowest BCUT2D eigenvalue weighted by atomic mass is 10.2. The third kappa shape index (κ3) is 7.47. The second-order valence-corrected chi connectivity index (χ2v) is 10.5. The Morgan fingerprint density at radius 1 is 0.975 bits per heavy atom. The van der Waals surface area contributed by atoms with E-state index in [1.165, 1.54) is 0 Å². The van der Waals surface area contributed by atoms with Crippen molar-refractivity contribution < 1.29 is 13.7 Å². The molecule has 0 aliphatic heterocycles. The minimum absolute atomic E-state index is 0.209. The number of carbonyl (C=O) groups is 1. The summed E-state index contributed by atoms with van der Waals surface area (Å²) < 4.78 is 21.7. The average molecular weight is 581 g/mol. The van der Waals surface area contributed by atoms with Crippen molar-refractivity contribution in [3.05, 3.63) is 77.3 Å². The molecule has 0 fully saturated rings. The van der Waals surface area contributed by atoms with Crippen LogP contribution in [0, 0.1) is 0 Å². The van der Waals surface area contributed by atoms with Crippen LogP contribution in [0.5, 0.6) is 5.75 Å². The summed E-state index contributed by atoms with van der Waals surface area (Å²) in [5.41, 5.74) is 2.27. The molecule has 9 nitrogen and oxygen atoms in total. The summed E-state index contributed by atoms with van der Waals surface area (Å²) in [7, 11) is -0.168. The van der Waals surface area contributed by atoms with Gasteiger partial charge in [-0.25, -0.2) is 14.2 Å². The molecule has 11 heteroatoms. The number of fused-ring (bicyclic) bond motifs is 1. The van der Waals surface area contributed by atoms with Crippen LogP contribution in [-0.2, 0) is 11.0 Å². The third-order valence-corrected chi connectivity index (χ3v) is 7.72. The molecule has 1 atom stereocenters. The number of hydrogen-bond acceptors (Lipinski definition) is 7. The maximum Gasteiger partial charge on any atom is 0.251 e. The summed E-state index contributed by atoms with van der Waals surface area (Å²) >= 11 is 6.41. The van der Waals surface area contributed by atoms with E-state index < -0.39 is 11.0 Å². The number of rotatable bonds is 13. The second kappa shape index (κ2) is 14.1. The van der Waals surface area contributed by atoms with Crippen LogP contribution in [0.2, 0.25) is 5.02 Å². The number of hydrogen-bond donors (Lipinski definition) is 3. The number of benzene rings is 3. The smallest absolute Gasteiger partial charge is 0.251 e. The Balaban J connectivity index is 1.53. The first-order chi connectivity index (χ1) is 19.4. The first kappa shape index (κ1) is 29.3. The molecule has 1 unspecified atom stereocenters. The van der Waals surface area contributed by atoms with E-state index in [1.54, 1.807) is 49.6 Å². The molecule has 210 valence electrons. The predicted octanol–water partition coefficient (Wildman–Crippen LogP) is 5.63. The van der Waals surface area contributed by atoms with Gasteiger partial charge in [-0.1, -0.05) is 43.6 Å². The lowest BCUT2D eigenvalue weighted by Gasteiger charge is -2.17. The van der Waals surface area contributed by atoms with E-state index in [1.807, 2.05) is 24.3 Å². The first-order valence-corrected chi connectivity index (χ1v) is 14.6. The van der Waals surface area contributed by atoms with Crippen LogP contribution in [0.25, 0.3) is 11.0 Å². The number of nitrogens with zero attached hydrogens (tertiary/aromatic N) is 3. The zero-order valence-corrected chi connectivity index (χ0v) is 24.3. The molecule has 0 aliphatic rings. The fourth-order valence-electron chi connectivity index (χ4n) is 4.06. The van der Waals surface area contributed by atoms with Crippen molar-refractivity contribution in [2.45, 2.75) is 25.2 Å². The molecule has 3 aromatic carbocycles. The van der Waals surface area contributed by atoms with E-state index in [9.17, 15) is 9.00 Å². The van der Waals surface area contributed by atoms with Crippen molar-refractivity contribution in [3.63, 3.8) is 0 Å². The average Bonchev–Trinajstić information content (AvgIpc) is 2.98. The van der Waals surface area contributed by atoms with Gasteiger partial charge in [-0.2, -0.15) is 0 Å². The number of ether oxygens (including phenoxy) is 1. The molecule has 0 spiro atoms. The fourth-order valence-corrected chi connectivity index (χ4v) is 5.10. The van der Waals surface area contributed by atoms with Crippen molar-refractivity contribution in [1.82, 2.24) is 20.2 Å². The molecule has 0 aliphatic carbocycles. The van der Waals surface area contributed by atoms with Gasteiger partial charge in [-0.3, -0.25) is 9.52 Å². The van der Waals surface area contributed by atoms with Gasteiger partial charge >= 0.3 is 0 Å². The molecule has 0 saturated carbocycles. The van der Waals surface area contributed by atoms with Crippen molar-refractivity contribution in [2.75, 3.05) is 43.3 Å². The molecule has 3 N–H and O–H groups in total. The molecular weight excluding hydrogens is 548 g/mol. The highest BCUT2D eigenvalue weighted by molar-refractivity contribution is 7.86. The summed E-state index contributed by atoms with van der Waals surface area (Å²) in [4.78, 5) is 24.8. The van der Waals surface area contributed by atoms with Crippen LogP contribution in [0.1, 0.15) is 30.6 Å². The van der Waals surface area contributed by atoms with E-state index >= 15 is 0 Å². The maximum absolute atomic E-state index is 13.4. The minimum Gasteiger partial charge on any atom is -0.497 e. The zero-order valence-electron chi connectivity index (χ0n) is 22.7. The van der Waals surface area contributed by atoms with E-state index in [4.69, 9.17) is 16.3 Å². The molecule has 0 bridgehead atoms. The molecule has 0 saturated heterocycles. The number of anilines is 3. The van der Waals surface area contributed by atoms with Crippen LogP contribution in [0.15, 0.2) is 71.6 Å². The molecule has 0 radical (unpaired) electrons. The number of amides is 1. The van der Waals surface area contributed by atoms with Gasteiger partial charge in [0.1, 0.15) is 5.75 Å². The summed E-state index contributed by atoms with van der Waals surface area (Å²) in [6.45, 7) is 7.70. The SMILES string of the molecule is CCN(CC)CCCNC(=O)c1cccc(S(=O)Nc2nc3ccccc3nc2Nc2cc(OC)ccc2Cl)c1. The Bertz CT molecular complexity index is 1500. The number of para-hydroxylation sites is 2. The van der Waals surface area contributed by atoms with Gasteiger partial charge < -0.3 is 20.3 Å². The summed E-state index contributed by atoms with van der Waals surface area (Å²) in [5.74, 6) is 1.01. The van der Waals surface area contributed by atoms with E-state index in [0.717, 1.165) is 26.1 Å². The molecule has 40 heavy (non-hydrogen) atoms. The summed E-state index contributed by atoms with van der Waals surface area (Å²) in [6, 6.07) is 19.3. The van der Waals surface area contributed by atoms with Crippen molar-refractivity contribution in [1.29, 1.82) is 0 Å². The first-order valence-electron chi connectivity index (χ1n) is 13.1. The molecule has 4 aromatic rings. The van der Waals surface area contributed by atoms with Crippen LogP contribution in [0.3, 0.4) is 0 Å². The van der Waals surface area contributed by atoms with Crippen LogP contribution in [-0.4, -0.2) is 58.3 Å². The molecule has 1 aromatic heterocycles. The Kier molecular flexibility index (Phi) is 10.3. The van der Waals surface area contributed by atoms with Gasteiger partial charge in [0.15, 0.2) is 22.6 Å². The Morgan fingerprint density at radius 2 is 1.70 bits per heavy atom. The highest BCUT2D eigenvalue weighted by Gasteiger charge is 2.16. The Labute approximate surface area is 241 Å². The lowest BCUT2D eigenvalue weighted by Crippen LogP contribution is -2.30. The predicted molar refractivity (Wildman–Crippen MR) is 162 cm³/mol. The summed E-state index contributed by atoms with van der Waals surface area (Å²) in [6.07, 6.45) is 0.855. The second-order valence-electron chi connectivity index (χ2n) is 8.92. The highest BCUT2D eigenvalue weighted by Crippen LogP contribution is 2.32. The number of aromatic nitrogens is 2. The lowest BCUT2D eigenvalue weighted by molar-refractivity contribution is 0.0951. The van der Waals surface area contributed by atoms with Crippen molar-refractivity contribution in [3.8, 4) is 5.75 Å². The number of methoxy groups -OCH3 is 1. The fraction of sp³-hybridized carbons (Fsp3) is 0.276. The Morgan fingerprint density at radius 3 is 2.40 bits per heavy atom. The van der Waals surface area contributed by atoms with E-state index in [0.29, 0.717) is 50.3 Å². The third-order valence-electron chi connectivity index (χ3n) is 6.33. The van der Waals surface area contributed by atoms with Crippen LogP contribution in [0.4, 0.5) is 17.3 Å². The monoisotopic (exact) mass is 580 g/mol. The zero-order chi connectivity index (χ0) is 28.5. The van der Waals surface area contributed by atoms with Gasteiger partial charge in [0.2, 0.25) is 0 Å². The Hall–Kier alpha value is -3.73. The molecule has 1 heterocycles. The minimum atomic E-state index is -1.74. The highest BCUT2D eigenvalue weighted by atomic mass is 35.5. The summed E-state index contributed by atoms with van der Waals surface area (Å²) in [5, 5.41) is 6.60. The molecule has 1 amide bonds. The molecule has 4 rings (SSSR count).